The molecule has 0 radical (unpaired) electrons. The van der Waals surface area contributed by atoms with Crippen LogP contribution in [-0.2, 0) is 11.2 Å². The van der Waals surface area contributed by atoms with Gasteiger partial charge in [-0.15, -0.1) is 0 Å². The van der Waals surface area contributed by atoms with Gasteiger partial charge < -0.3 is 4.90 Å². The molecule has 0 spiro atoms. The van der Waals surface area contributed by atoms with E-state index in [0.717, 1.165) is 18.4 Å². The van der Waals surface area contributed by atoms with Crippen LogP contribution < -0.4 is 0 Å². The molecule has 4 heteroatoms. The van der Waals surface area contributed by atoms with Crippen molar-refractivity contribution in [2.24, 2.45) is 0 Å². The molecule has 1 aliphatic rings. The Kier molecular flexibility index (Phi) is 5.12. The van der Waals surface area contributed by atoms with Gasteiger partial charge in [-0.3, -0.25) is 4.79 Å². The van der Waals surface area contributed by atoms with Crippen LogP contribution >= 0.6 is 23.2 Å². The SMILES string of the molecule is CN(C(=O)Cc1ccc(Cl)cc1Cl)C1CCCCC1. The normalized spacial score (nSPS) is 16.4. The number of hydrogen-bond donors (Lipinski definition) is 0. The zero-order valence-electron chi connectivity index (χ0n) is 11.2. The maximum atomic E-state index is 12.3. The molecule has 0 N–H and O–H groups in total. The second-order valence-corrected chi connectivity index (χ2v) is 6.05. The number of halogens is 2. The minimum absolute atomic E-state index is 0.135. The summed E-state index contributed by atoms with van der Waals surface area (Å²) in [6, 6.07) is 5.69. The van der Waals surface area contributed by atoms with Crippen LogP contribution in [0.1, 0.15) is 37.7 Å². The van der Waals surface area contributed by atoms with E-state index in [9.17, 15) is 4.79 Å². The fraction of sp³-hybridized carbons (Fsp3) is 0.533. The molecule has 0 aromatic heterocycles. The Hall–Kier alpha value is -0.730. The fourth-order valence-electron chi connectivity index (χ4n) is 2.62. The molecule has 1 aliphatic carbocycles. The molecule has 0 atom stereocenters. The lowest BCUT2D eigenvalue weighted by molar-refractivity contribution is -0.131. The summed E-state index contributed by atoms with van der Waals surface area (Å²) in [6.45, 7) is 0. The van der Waals surface area contributed by atoms with Gasteiger partial charge in [0, 0.05) is 23.1 Å². The van der Waals surface area contributed by atoms with Gasteiger partial charge in [0.25, 0.3) is 0 Å². The van der Waals surface area contributed by atoms with E-state index in [2.05, 4.69) is 0 Å². The van der Waals surface area contributed by atoms with E-state index in [1.54, 1.807) is 12.1 Å². The Bertz CT molecular complexity index is 455. The number of hydrogen-bond acceptors (Lipinski definition) is 1. The quantitative estimate of drug-likeness (QED) is 0.813. The lowest BCUT2D eigenvalue weighted by atomic mass is 9.94. The molecule has 2 nitrogen and oxygen atoms in total. The molecule has 19 heavy (non-hydrogen) atoms. The number of rotatable bonds is 3. The minimum atomic E-state index is 0.135. The molecule has 2 rings (SSSR count). The summed E-state index contributed by atoms with van der Waals surface area (Å²) < 4.78 is 0. The smallest absolute Gasteiger partial charge is 0.227 e. The van der Waals surface area contributed by atoms with Crippen LogP contribution in [0, 0.1) is 0 Å². The number of amides is 1. The fourth-order valence-corrected chi connectivity index (χ4v) is 3.10. The summed E-state index contributed by atoms with van der Waals surface area (Å²) in [6.07, 6.45) is 6.34. The molecule has 1 fully saturated rings. The van der Waals surface area contributed by atoms with E-state index in [4.69, 9.17) is 23.2 Å². The summed E-state index contributed by atoms with van der Waals surface area (Å²) >= 11 is 12.0. The average Bonchev–Trinajstić information content (AvgIpc) is 2.42. The van der Waals surface area contributed by atoms with Crippen molar-refractivity contribution in [2.75, 3.05) is 7.05 Å². The summed E-state index contributed by atoms with van der Waals surface area (Å²) in [5.74, 6) is 0.135. The first-order valence-corrected chi connectivity index (χ1v) is 7.53. The number of benzene rings is 1. The second-order valence-electron chi connectivity index (χ2n) is 5.21. The van der Waals surface area contributed by atoms with Crippen molar-refractivity contribution in [1.29, 1.82) is 0 Å². The number of carbonyl (C=O) groups excluding carboxylic acids is 1. The van der Waals surface area contributed by atoms with E-state index in [1.807, 2.05) is 18.0 Å². The van der Waals surface area contributed by atoms with Crippen molar-refractivity contribution in [1.82, 2.24) is 4.90 Å². The van der Waals surface area contributed by atoms with Gasteiger partial charge in [0.2, 0.25) is 5.91 Å². The van der Waals surface area contributed by atoms with Crippen LogP contribution in [0.5, 0.6) is 0 Å². The topological polar surface area (TPSA) is 20.3 Å². The van der Waals surface area contributed by atoms with Crippen LogP contribution in [-0.4, -0.2) is 23.9 Å². The molecule has 1 saturated carbocycles. The van der Waals surface area contributed by atoms with Crippen LogP contribution in [0.4, 0.5) is 0 Å². The Balaban J connectivity index is 1.99. The zero-order chi connectivity index (χ0) is 13.8. The Morgan fingerprint density at radius 2 is 1.95 bits per heavy atom. The molecule has 1 aromatic carbocycles. The van der Waals surface area contributed by atoms with E-state index in [0.29, 0.717) is 22.5 Å². The molecule has 1 amide bonds. The van der Waals surface area contributed by atoms with E-state index in [1.165, 1.54) is 19.3 Å². The maximum Gasteiger partial charge on any atom is 0.227 e. The Labute approximate surface area is 124 Å². The first-order valence-electron chi connectivity index (χ1n) is 6.77. The molecule has 0 bridgehead atoms. The highest BCUT2D eigenvalue weighted by atomic mass is 35.5. The summed E-state index contributed by atoms with van der Waals surface area (Å²) in [7, 11) is 1.90. The van der Waals surface area contributed by atoms with Gasteiger partial charge in [-0.1, -0.05) is 48.5 Å². The predicted molar refractivity (Wildman–Crippen MR) is 79.8 cm³/mol. The molecule has 0 unspecified atom stereocenters. The van der Waals surface area contributed by atoms with Crippen molar-refractivity contribution >= 4 is 29.1 Å². The average molecular weight is 300 g/mol. The lowest BCUT2D eigenvalue weighted by Gasteiger charge is -2.31. The third-order valence-electron chi connectivity index (χ3n) is 3.87. The highest BCUT2D eigenvalue weighted by Gasteiger charge is 2.22. The van der Waals surface area contributed by atoms with Gasteiger partial charge in [-0.05, 0) is 30.5 Å². The summed E-state index contributed by atoms with van der Waals surface area (Å²) in [4.78, 5) is 14.2. The third-order valence-corrected chi connectivity index (χ3v) is 4.46. The van der Waals surface area contributed by atoms with Crippen molar-refractivity contribution in [3.8, 4) is 0 Å². The van der Waals surface area contributed by atoms with E-state index >= 15 is 0 Å². The third kappa shape index (κ3) is 3.87. The lowest BCUT2D eigenvalue weighted by Crippen LogP contribution is -2.39. The predicted octanol–water partition coefficient (Wildman–Crippen LogP) is 4.33. The van der Waals surface area contributed by atoms with Gasteiger partial charge in [0.15, 0.2) is 0 Å². The highest BCUT2D eigenvalue weighted by molar-refractivity contribution is 6.35. The number of nitrogens with zero attached hydrogens (tertiary/aromatic N) is 1. The van der Waals surface area contributed by atoms with Gasteiger partial charge in [-0.2, -0.15) is 0 Å². The Morgan fingerprint density at radius 1 is 1.26 bits per heavy atom. The second kappa shape index (κ2) is 6.62. The molecule has 0 aliphatic heterocycles. The first-order chi connectivity index (χ1) is 9.08. The molecular weight excluding hydrogens is 281 g/mol. The monoisotopic (exact) mass is 299 g/mol. The van der Waals surface area contributed by atoms with Crippen LogP contribution in [0.2, 0.25) is 10.0 Å². The van der Waals surface area contributed by atoms with Gasteiger partial charge in [-0.25, -0.2) is 0 Å². The standard InChI is InChI=1S/C15H19Cl2NO/c1-18(13-5-3-2-4-6-13)15(19)9-11-7-8-12(16)10-14(11)17/h7-8,10,13H,2-6,9H2,1H3. The molecule has 1 aromatic rings. The van der Waals surface area contributed by atoms with Crippen molar-refractivity contribution in [3.63, 3.8) is 0 Å². The van der Waals surface area contributed by atoms with Gasteiger partial charge in [0.1, 0.15) is 0 Å². The van der Waals surface area contributed by atoms with Crippen LogP contribution in [0.3, 0.4) is 0 Å². The number of carbonyl (C=O) groups is 1. The highest BCUT2D eigenvalue weighted by Crippen LogP contribution is 2.24. The zero-order valence-corrected chi connectivity index (χ0v) is 12.7. The summed E-state index contributed by atoms with van der Waals surface area (Å²) in [5.41, 5.74) is 0.846. The molecule has 0 heterocycles. The minimum Gasteiger partial charge on any atom is -0.342 e. The maximum absolute atomic E-state index is 12.3. The van der Waals surface area contributed by atoms with Crippen LogP contribution in [0.25, 0.3) is 0 Å². The van der Waals surface area contributed by atoms with Crippen LogP contribution in [0.15, 0.2) is 18.2 Å². The first kappa shape index (κ1) is 14.7. The molecule has 104 valence electrons. The van der Waals surface area contributed by atoms with E-state index < -0.39 is 0 Å². The van der Waals surface area contributed by atoms with Crippen molar-refractivity contribution < 1.29 is 4.79 Å². The van der Waals surface area contributed by atoms with Gasteiger partial charge >= 0.3 is 0 Å². The van der Waals surface area contributed by atoms with Gasteiger partial charge in [0.05, 0.1) is 6.42 Å². The van der Waals surface area contributed by atoms with Crippen molar-refractivity contribution in [3.05, 3.63) is 33.8 Å². The van der Waals surface area contributed by atoms with Crippen molar-refractivity contribution in [2.45, 2.75) is 44.6 Å². The Morgan fingerprint density at radius 3 is 2.58 bits per heavy atom. The summed E-state index contributed by atoms with van der Waals surface area (Å²) in [5, 5.41) is 1.17. The van der Waals surface area contributed by atoms with E-state index in [-0.39, 0.29) is 5.91 Å². The number of likely N-dealkylation sites (N-methyl/N-ethyl adjacent to an activating group) is 1. The largest absolute Gasteiger partial charge is 0.342 e. The molecule has 0 saturated heterocycles. The molecular formula is C15H19Cl2NO.